The molecule has 12 heavy (non-hydrogen) atoms. The van der Waals surface area contributed by atoms with E-state index in [1.54, 1.807) is 0 Å². The Hall–Kier alpha value is -2.02. The number of nitriles is 1. The zero-order valence-corrected chi connectivity index (χ0v) is 6.14. The van der Waals surface area contributed by atoms with Crippen LogP contribution < -0.4 is 0 Å². The Morgan fingerprint density at radius 3 is 2.75 bits per heavy atom. The van der Waals surface area contributed by atoms with Gasteiger partial charge in [0.15, 0.2) is 12.0 Å². The van der Waals surface area contributed by atoms with Gasteiger partial charge in [0.2, 0.25) is 0 Å². The highest BCUT2D eigenvalue weighted by atomic mass is 16.3. The molecule has 0 fully saturated rings. The van der Waals surface area contributed by atoms with Crippen LogP contribution in [0, 0.1) is 11.5 Å². The van der Waals surface area contributed by atoms with Crippen molar-refractivity contribution in [1.82, 2.24) is 4.98 Å². The molecule has 4 nitrogen and oxygen atoms in total. The van der Waals surface area contributed by atoms with Gasteiger partial charge in [0, 0.05) is 0 Å². The molecule has 0 unspecified atom stereocenters. The van der Waals surface area contributed by atoms with Crippen molar-refractivity contribution >= 4 is 11.1 Å². The van der Waals surface area contributed by atoms with Crippen LogP contribution in [0.15, 0.2) is 35.1 Å². The molecule has 0 spiro atoms. The van der Waals surface area contributed by atoms with Gasteiger partial charge in [0.1, 0.15) is 5.52 Å². The van der Waals surface area contributed by atoms with Crippen LogP contribution in [0.3, 0.4) is 0 Å². The van der Waals surface area contributed by atoms with Gasteiger partial charge in [0.25, 0.3) is 6.26 Å². The SMILES string of the molecule is N#CO.c1ccc2ocnc2c1. The van der Waals surface area contributed by atoms with E-state index in [0.29, 0.717) is 0 Å². The Bertz CT molecular complexity index is 359. The second-order valence-corrected chi connectivity index (χ2v) is 1.92. The van der Waals surface area contributed by atoms with Crippen molar-refractivity contribution in [2.75, 3.05) is 0 Å². The van der Waals surface area contributed by atoms with Crippen LogP contribution in [0.1, 0.15) is 0 Å². The molecule has 0 bridgehead atoms. The van der Waals surface area contributed by atoms with Gasteiger partial charge in [-0.15, -0.1) is 0 Å². The van der Waals surface area contributed by atoms with Crippen LogP contribution in [0.5, 0.6) is 0 Å². The maximum absolute atomic E-state index is 6.88. The number of fused-ring (bicyclic) bond motifs is 1. The molecule has 1 N–H and O–H groups in total. The monoisotopic (exact) mass is 162 g/mol. The zero-order valence-electron chi connectivity index (χ0n) is 6.14. The fourth-order valence-electron chi connectivity index (χ4n) is 0.803. The zero-order chi connectivity index (χ0) is 8.81. The lowest BCUT2D eigenvalue weighted by Crippen LogP contribution is -1.61. The predicted octanol–water partition coefficient (Wildman–Crippen LogP) is 1.67. The highest BCUT2D eigenvalue weighted by molar-refractivity contribution is 5.71. The van der Waals surface area contributed by atoms with Crippen molar-refractivity contribution in [1.29, 1.82) is 5.26 Å². The van der Waals surface area contributed by atoms with Crippen LogP contribution >= 0.6 is 0 Å². The normalized spacial score (nSPS) is 8.25. The van der Waals surface area contributed by atoms with Gasteiger partial charge < -0.3 is 9.52 Å². The minimum absolute atomic E-state index is 0.750. The average Bonchev–Trinajstić information content (AvgIpc) is 2.52. The molecule has 0 amide bonds. The second kappa shape index (κ2) is 3.98. The van der Waals surface area contributed by atoms with Crippen LogP contribution in [-0.4, -0.2) is 10.1 Å². The molecule has 60 valence electrons. The highest BCUT2D eigenvalue weighted by Gasteiger charge is 1.91. The summed E-state index contributed by atoms with van der Waals surface area (Å²) in [6.07, 6.45) is 2.20. The summed E-state index contributed by atoms with van der Waals surface area (Å²) in [5.74, 6) is 0. The van der Waals surface area contributed by atoms with E-state index in [-0.39, 0.29) is 0 Å². The first kappa shape index (κ1) is 8.08. The summed E-state index contributed by atoms with van der Waals surface area (Å²) in [7, 11) is 0. The molecule has 0 atom stereocenters. The molecule has 0 saturated heterocycles. The average molecular weight is 162 g/mol. The van der Waals surface area contributed by atoms with Crippen LogP contribution in [0.4, 0.5) is 0 Å². The fraction of sp³-hybridized carbons (Fsp3) is 0. The molecular formula is C8H6N2O2. The van der Waals surface area contributed by atoms with Crippen LogP contribution in [0.2, 0.25) is 0 Å². The van der Waals surface area contributed by atoms with Gasteiger partial charge in [-0.05, 0) is 12.1 Å². The fourth-order valence-corrected chi connectivity index (χ4v) is 0.803. The first-order valence-electron chi connectivity index (χ1n) is 3.20. The topological polar surface area (TPSA) is 70.0 Å². The predicted molar refractivity (Wildman–Crippen MR) is 41.6 cm³/mol. The Kier molecular flexibility index (Phi) is 2.68. The van der Waals surface area contributed by atoms with Crippen LogP contribution in [0.25, 0.3) is 11.1 Å². The lowest BCUT2D eigenvalue weighted by Gasteiger charge is -1.79. The quantitative estimate of drug-likeness (QED) is 0.598. The Balaban J connectivity index is 0.000000213. The van der Waals surface area contributed by atoms with Crippen LogP contribution in [-0.2, 0) is 0 Å². The first-order chi connectivity index (χ1) is 5.88. The summed E-state index contributed by atoms with van der Waals surface area (Å²) in [5.41, 5.74) is 1.76. The number of rotatable bonds is 0. The number of nitrogens with zero attached hydrogens (tertiary/aromatic N) is 2. The van der Waals surface area contributed by atoms with Gasteiger partial charge in [-0.2, -0.15) is 5.26 Å². The molecule has 2 aromatic rings. The lowest BCUT2D eigenvalue weighted by molar-refractivity contribution is 0.503. The number of oxazole rings is 1. The van der Waals surface area contributed by atoms with Crippen molar-refractivity contribution in [3.63, 3.8) is 0 Å². The van der Waals surface area contributed by atoms with Crippen molar-refractivity contribution in [2.24, 2.45) is 0 Å². The molecule has 0 aliphatic carbocycles. The first-order valence-corrected chi connectivity index (χ1v) is 3.20. The summed E-state index contributed by atoms with van der Waals surface area (Å²) >= 11 is 0. The molecule has 4 heteroatoms. The van der Waals surface area contributed by atoms with Crippen molar-refractivity contribution in [2.45, 2.75) is 0 Å². The minimum atomic E-state index is 0.750. The largest absolute Gasteiger partial charge is 0.443 e. The standard InChI is InChI=1S/C7H5NO.CHNO/c1-2-4-7-6(3-1)8-5-9-7;2-1-3/h1-5H;3H. The maximum Gasteiger partial charge on any atom is 0.283 e. The van der Waals surface area contributed by atoms with Gasteiger partial charge >= 0.3 is 0 Å². The van der Waals surface area contributed by atoms with E-state index in [2.05, 4.69) is 4.98 Å². The summed E-state index contributed by atoms with van der Waals surface area (Å²) in [4.78, 5) is 3.95. The van der Waals surface area contributed by atoms with Gasteiger partial charge in [0.05, 0.1) is 0 Å². The Morgan fingerprint density at radius 2 is 2.08 bits per heavy atom. The van der Waals surface area contributed by atoms with Crippen molar-refractivity contribution in [3.05, 3.63) is 30.7 Å². The van der Waals surface area contributed by atoms with E-state index in [4.69, 9.17) is 14.8 Å². The van der Waals surface area contributed by atoms with E-state index < -0.39 is 0 Å². The third-order valence-corrected chi connectivity index (χ3v) is 1.24. The third kappa shape index (κ3) is 1.73. The van der Waals surface area contributed by atoms with E-state index in [0.717, 1.165) is 17.4 Å². The number of hydrogen-bond acceptors (Lipinski definition) is 4. The van der Waals surface area contributed by atoms with E-state index in [9.17, 15) is 0 Å². The van der Waals surface area contributed by atoms with E-state index in [1.165, 1.54) is 6.39 Å². The van der Waals surface area contributed by atoms with Gasteiger partial charge in [-0.3, -0.25) is 0 Å². The summed E-state index contributed by atoms with van der Waals surface area (Å²) in [5, 5.41) is 13.8. The molecule has 0 radical (unpaired) electrons. The smallest absolute Gasteiger partial charge is 0.283 e. The third-order valence-electron chi connectivity index (χ3n) is 1.24. The molecule has 1 aromatic heterocycles. The Labute approximate surface area is 68.7 Å². The number of benzene rings is 1. The van der Waals surface area contributed by atoms with E-state index >= 15 is 0 Å². The van der Waals surface area contributed by atoms with Gasteiger partial charge in [-0.25, -0.2) is 4.98 Å². The molecule has 0 saturated carbocycles. The van der Waals surface area contributed by atoms with Gasteiger partial charge in [-0.1, -0.05) is 12.1 Å². The van der Waals surface area contributed by atoms with Crippen molar-refractivity contribution in [3.8, 4) is 6.26 Å². The molecule has 1 heterocycles. The molecule has 0 aliphatic rings. The Morgan fingerprint density at radius 1 is 1.42 bits per heavy atom. The number of aromatic nitrogens is 1. The maximum atomic E-state index is 6.88. The highest BCUT2D eigenvalue weighted by Crippen LogP contribution is 2.09. The molecule has 2 rings (SSSR count). The molecule has 0 aliphatic heterocycles. The summed E-state index contributed by atoms with van der Waals surface area (Å²) in [6.45, 7) is 0. The van der Waals surface area contributed by atoms with E-state index in [1.807, 2.05) is 24.3 Å². The second-order valence-electron chi connectivity index (χ2n) is 1.92. The number of aliphatic hydroxyl groups is 1. The number of hydrogen-bond donors (Lipinski definition) is 1. The lowest BCUT2D eigenvalue weighted by atomic mass is 10.3. The molecular weight excluding hydrogens is 156 g/mol. The summed E-state index contributed by atoms with van der Waals surface area (Å²) in [6, 6.07) is 7.67. The van der Waals surface area contributed by atoms with Crippen molar-refractivity contribution < 1.29 is 9.52 Å². The molecule has 1 aromatic carbocycles. The number of para-hydroxylation sites is 2. The minimum Gasteiger partial charge on any atom is -0.443 e. The summed E-state index contributed by atoms with van der Waals surface area (Å²) < 4.78 is 5.01. The number of aliphatic hydroxyl groups excluding tert-OH is 1.